The summed E-state index contributed by atoms with van der Waals surface area (Å²) in [6.07, 6.45) is 1.12. The van der Waals surface area contributed by atoms with Crippen LogP contribution in [-0.4, -0.2) is 23.2 Å². The van der Waals surface area contributed by atoms with Gasteiger partial charge in [0, 0.05) is 12.0 Å². The molecule has 0 spiro atoms. The van der Waals surface area contributed by atoms with Gasteiger partial charge in [0.25, 0.3) is 0 Å². The van der Waals surface area contributed by atoms with Crippen LogP contribution in [0.5, 0.6) is 5.75 Å². The van der Waals surface area contributed by atoms with Crippen molar-refractivity contribution < 1.29 is 13.9 Å². The predicted molar refractivity (Wildman–Crippen MR) is 92.9 cm³/mol. The Morgan fingerprint density at radius 3 is 2.76 bits per heavy atom. The first-order valence-electron chi connectivity index (χ1n) is 8.02. The van der Waals surface area contributed by atoms with Gasteiger partial charge in [-0.05, 0) is 30.2 Å². The molecule has 0 unspecified atom stereocenters. The molecular formula is C19H19N3O3. The topological polar surface area (TPSA) is 77.3 Å². The van der Waals surface area contributed by atoms with Gasteiger partial charge in [0.05, 0.1) is 13.7 Å². The summed E-state index contributed by atoms with van der Waals surface area (Å²) in [5.41, 5.74) is 1.91. The fourth-order valence-corrected chi connectivity index (χ4v) is 2.36. The highest BCUT2D eigenvalue weighted by molar-refractivity contribution is 5.76. The molecule has 0 atom stereocenters. The molecule has 6 heteroatoms. The van der Waals surface area contributed by atoms with Crippen LogP contribution >= 0.6 is 0 Å². The molecule has 0 aliphatic rings. The lowest BCUT2D eigenvalue weighted by atomic mass is 10.1. The minimum atomic E-state index is -0.0509. The van der Waals surface area contributed by atoms with Crippen molar-refractivity contribution in [3.05, 3.63) is 66.1 Å². The number of carbonyl (C=O) groups excluding carboxylic acids is 1. The minimum absolute atomic E-state index is 0.0509. The van der Waals surface area contributed by atoms with Gasteiger partial charge in [-0.1, -0.05) is 36.4 Å². The summed E-state index contributed by atoms with van der Waals surface area (Å²) in [4.78, 5) is 11.9. The molecule has 0 bridgehead atoms. The molecule has 1 N–H and O–H groups in total. The van der Waals surface area contributed by atoms with E-state index in [1.165, 1.54) is 0 Å². The number of aryl methyl sites for hydroxylation is 1. The number of hydrogen-bond donors (Lipinski definition) is 1. The zero-order chi connectivity index (χ0) is 17.5. The molecule has 0 aliphatic heterocycles. The molecule has 0 saturated heterocycles. The average molecular weight is 337 g/mol. The van der Waals surface area contributed by atoms with Crippen molar-refractivity contribution in [3.8, 4) is 17.2 Å². The van der Waals surface area contributed by atoms with Crippen molar-refractivity contribution in [2.24, 2.45) is 0 Å². The minimum Gasteiger partial charge on any atom is -0.497 e. The Morgan fingerprint density at radius 1 is 1.12 bits per heavy atom. The third-order valence-electron chi connectivity index (χ3n) is 3.70. The number of amides is 1. The van der Waals surface area contributed by atoms with E-state index in [0.717, 1.165) is 11.1 Å². The van der Waals surface area contributed by atoms with Crippen LogP contribution in [0.2, 0.25) is 0 Å². The summed E-state index contributed by atoms with van der Waals surface area (Å²) in [7, 11) is 1.60. The maximum Gasteiger partial charge on any atom is 0.247 e. The van der Waals surface area contributed by atoms with Gasteiger partial charge < -0.3 is 14.5 Å². The average Bonchev–Trinajstić information content (AvgIpc) is 3.15. The zero-order valence-electron chi connectivity index (χ0n) is 13.9. The monoisotopic (exact) mass is 337 g/mol. The van der Waals surface area contributed by atoms with Crippen molar-refractivity contribution in [1.29, 1.82) is 0 Å². The predicted octanol–water partition coefficient (Wildman–Crippen LogP) is 2.99. The lowest BCUT2D eigenvalue weighted by molar-refractivity contribution is -0.121. The van der Waals surface area contributed by atoms with Gasteiger partial charge in [0.2, 0.25) is 17.7 Å². The number of benzene rings is 2. The Hall–Kier alpha value is -3.15. The molecule has 25 heavy (non-hydrogen) atoms. The maximum absolute atomic E-state index is 11.9. The number of carbonyl (C=O) groups is 1. The SMILES string of the molecule is COc1cccc(-c2nnc(CNC(=O)CCc3ccccc3)o2)c1. The van der Waals surface area contributed by atoms with Crippen molar-refractivity contribution in [3.63, 3.8) is 0 Å². The molecule has 3 aromatic rings. The second kappa shape index (κ2) is 8.10. The first-order valence-corrected chi connectivity index (χ1v) is 8.02. The molecule has 0 fully saturated rings. The van der Waals surface area contributed by atoms with Crippen molar-refractivity contribution in [2.45, 2.75) is 19.4 Å². The Kier molecular flexibility index (Phi) is 5.41. The van der Waals surface area contributed by atoms with Crippen LogP contribution in [0.15, 0.2) is 59.0 Å². The Labute approximate surface area is 145 Å². The van der Waals surface area contributed by atoms with E-state index in [9.17, 15) is 4.79 Å². The largest absolute Gasteiger partial charge is 0.497 e. The standard InChI is InChI=1S/C19H19N3O3/c1-24-16-9-5-8-15(12-16)19-22-21-18(25-19)13-20-17(23)11-10-14-6-3-2-4-7-14/h2-9,12H,10-11,13H2,1H3,(H,20,23). The zero-order valence-corrected chi connectivity index (χ0v) is 13.9. The maximum atomic E-state index is 11.9. The van der Waals surface area contributed by atoms with Gasteiger partial charge >= 0.3 is 0 Å². The van der Waals surface area contributed by atoms with Crippen LogP contribution in [0.4, 0.5) is 0 Å². The fourth-order valence-electron chi connectivity index (χ4n) is 2.36. The second-order valence-electron chi connectivity index (χ2n) is 5.50. The van der Waals surface area contributed by atoms with Gasteiger partial charge in [-0.25, -0.2) is 0 Å². The van der Waals surface area contributed by atoms with Crippen molar-refractivity contribution in [1.82, 2.24) is 15.5 Å². The van der Waals surface area contributed by atoms with Gasteiger partial charge in [-0.15, -0.1) is 10.2 Å². The third kappa shape index (κ3) is 4.67. The van der Waals surface area contributed by atoms with E-state index >= 15 is 0 Å². The van der Waals surface area contributed by atoms with Crippen molar-refractivity contribution >= 4 is 5.91 Å². The molecular weight excluding hydrogens is 318 g/mol. The number of nitrogens with one attached hydrogen (secondary N) is 1. The summed E-state index contributed by atoms with van der Waals surface area (Å²) in [5.74, 6) is 1.43. The molecule has 3 rings (SSSR count). The lowest BCUT2D eigenvalue weighted by Crippen LogP contribution is -2.23. The smallest absolute Gasteiger partial charge is 0.247 e. The summed E-state index contributed by atoms with van der Waals surface area (Å²) >= 11 is 0. The number of methoxy groups -OCH3 is 1. The lowest BCUT2D eigenvalue weighted by Gasteiger charge is -2.03. The first-order chi connectivity index (χ1) is 12.2. The van der Waals surface area contributed by atoms with E-state index in [-0.39, 0.29) is 12.5 Å². The Morgan fingerprint density at radius 2 is 1.96 bits per heavy atom. The third-order valence-corrected chi connectivity index (χ3v) is 3.70. The summed E-state index contributed by atoms with van der Waals surface area (Å²) < 4.78 is 10.8. The summed E-state index contributed by atoms with van der Waals surface area (Å²) in [5, 5.41) is 10.8. The molecule has 2 aromatic carbocycles. The highest BCUT2D eigenvalue weighted by Crippen LogP contribution is 2.22. The fraction of sp³-hybridized carbons (Fsp3) is 0.211. The highest BCUT2D eigenvalue weighted by atomic mass is 16.5. The molecule has 1 aromatic heterocycles. The van der Waals surface area contributed by atoms with Gasteiger partial charge in [-0.2, -0.15) is 0 Å². The number of aromatic nitrogens is 2. The molecule has 0 saturated carbocycles. The number of ether oxygens (including phenoxy) is 1. The Balaban J connectivity index is 1.52. The number of hydrogen-bond acceptors (Lipinski definition) is 5. The van der Waals surface area contributed by atoms with Crippen LogP contribution in [-0.2, 0) is 17.8 Å². The molecule has 1 heterocycles. The van der Waals surface area contributed by atoms with Crippen LogP contribution in [0.25, 0.3) is 11.5 Å². The van der Waals surface area contributed by atoms with E-state index in [1.54, 1.807) is 7.11 Å². The number of nitrogens with zero attached hydrogens (tertiary/aromatic N) is 2. The van der Waals surface area contributed by atoms with Crippen LogP contribution in [0, 0.1) is 0 Å². The van der Waals surface area contributed by atoms with E-state index in [2.05, 4.69) is 15.5 Å². The van der Waals surface area contributed by atoms with Crippen molar-refractivity contribution in [2.75, 3.05) is 7.11 Å². The highest BCUT2D eigenvalue weighted by Gasteiger charge is 2.10. The van der Waals surface area contributed by atoms with E-state index in [4.69, 9.17) is 9.15 Å². The molecule has 0 radical (unpaired) electrons. The number of rotatable bonds is 7. The van der Waals surface area contributed by atoms with Gasteiger partial charge in [-0.3, -0.25) is 4.79 Å². The summed E-state index contributed by atoms with van der Waals surface area (Å²) in [6.45, 7) is 0.213. The molecule has 128 valence electrons. The van der Waals surface area contributed by atoms with Gasteiger partial charge in [0.15, 0.2) is 0 Å². The molecule has 0 aliphatic carbocycles. The normalized spacial score (nSPS) is 10.4. The van der Waals surface area contributed by atoms with Crippen LogP contribution in [0.1, 0.15) is 17.9 Å². The van der Waals surface area contributed by atoms with Gasteiger partial charge in [0.1, 0.15) is 5.75 Å². The van der Waals surface area contributed by atoms with Crippen LogP contribution in [0.3, 0.4) is 0 Å². The Bertz CT molecular complexity index is 831. The second-order valence-corrected chi connectivity index (χ2v) is 5.50. The molecule has 1 amide bonds. The first kappa shape index (κ1) is 16.7. The van der Waals surface area contributed by atoms with E-state index in [1.807, 2.05) is 54.6 Å². The quantitative estimate of drug-likeness (QED) is 0.717. The van der Waals surface area contributed by atoms with E-state index in [0.29, 0.717) is 30.4 Å². The molecule has 6 nitrogen and oxygen atoms in total. The van der Waals surface area contributed by atoms with Crippen LogP contribution < -0.4 is 10.1 Å². The summed E-state index contributed by atoms with van der Waals surface area (Å²) in [6, 6.07) is 17.3. The van der Waals surface area contributed by atoms with E-state index < -0.39 is 0 Å².